The van der Waals surface area contributed by atoms with Crippen LogP contribution in [-0.2, 0) is 6.18 Å². The Hall–Kier alpha value is -2.11. The molecule has 0 atom stereocenters. The minimum atomic E-state index is -4.38. The normalized spacial score (nSPS) is 11.5. The van der Waals surface area contributed by atoms with Crippen LogP contribution < -0.4 is 5.43 Å². The van der Waals surface area contributed by atoms with Crippen LogP contribution in [0.3, 0.4) is 0 Å². The zero-order valence-corrected chi connectivity index (χ0v) is 8.45. The number of nitrogens with zero attached hydrogens (tertiary/aromatic N) is 1. The molecule has 0 bridgehead atoms. The fraction of sp³-hybridized carbons (Fsp3) is 0.0909. The number of H-pyrrole nitrogens is 1. The molecule has 1 N–H and O–H groups in total. The van der Waals surface area contributed by atoms with Gasteiger partial charge in [-0.05, 0) is 12.1 Å². The number of benzene rings is 1. The minimum Gasteiger partial charge on any atom is -0.287 e. The van der Waals surface area contributed by atoms with Crippen molar-refractivity contribution >= 4 is 0 Å². The van der Waals surface area contributed by atoms with Gasteiger partial charge in [0.1, 0.15) is 5.69 Å². The second kappa shape index (κ2) is 4.04. The molecule has 0 aliphatic carbocycles. The molecule has 0 aliphatic rings. The fourth-order valence-electron chi connectivity index (χ4n) is 1.37. The van der Waals surface area contributed by atoms with Gasteiger partial charge in [0.25, 0.3) is 0 Å². The predicted molar refractivity (Wildman–Crippen MR) is 55.3 cm³/mol. The zero-order valence-electron chi connectivity index (χ0n) is 8.45. The van der Waals surface area contributed by atoms with Gasteiger partial charge in [0.2, 0.25) is 5.43 Å². The molecular formula is C11H7F3N2O. The predicted octanol–water partition coefficient (Wildman–Crippen LogP) is 2.46. The number of nitrogens with one attached hydrogen (secondary N) is 1. The maximum atomic E-state index is 12.3. The SMILES string of the molecule is O=c1cc[nH]nc1-c1ccc(C(F)(F)F)cc1. The molecule has 0 spiro atoms. The van der Waals surface area contributed by atoms with Crippen molar-refractivity contribution in [1.29, 1.82) is 0 Å². The van der Waals surface area contributed by atoms with E-state index in [2.05, 4.69) is 10.2 Å². The van der Waals surface area contributed by atoms with Crippen molar-refractivity contribution in [3.05, 3.63) is 52.3 Å². The van der Waals surface area contributed by atoms with Crippen LogP contribution >= 0.6 is 0 Å². The smallest absolute Gasteiger partial charge is 0.287 e. The van der Waals surface area contributed by atoms with Crippen LogP contribution in [0.15, 0.2) is 41.3 Å². The Bertz CT molecular complexity index is 572. The van der Waals surface area contributed by atoms with Gasteiger partial charge in [-0.15, -0.1) is 0 Å². The van der Waals surface area contributed by atoms with E-state index in [0.29, 0.717) is 5.56 Å². The van der Waals surface area contributed by atoms with Crippen LogP contribution in [0.5, 0.6) is 0 Å². The maximum absolute atomic E-state index is 12.3. The van der Waals surface area contributed by atoms with Crippen LogP contribution in [0.4, 0.5) is 13.2 Å². The lowest BCUT2D eigenvalue weighted by molar-refractivity contribution is -0.137. The van der Waals surface area contributed by atoms with Crippen LogP contribution in [0, 0.1) is 0 Å². The highest BCUT2D eigenvalue weighted by Gasteiger charge is 2.30. The first-order valence-corrected chi connectivity index (χ1v) is 4.70. The molecule has 0 saturated carbocycles. The highest BCUT2D eigenvalue weighted by atomic mass is 19.4. The molecule has 1 aromatic carbocycles. The topological polar surface area (TPSA) is 45.8 Å². The first-order chi connectivity index (χ1) is 7.98. The van der Waals surface area contributed by atoms with E-state index in [-0.39, 0.29) is 11.1 Å². The van der Waals surface area contributed by atoms with Crippen molar-refractivity contribution in [2.45, 2.75) is 6.18 Å². The molecule has 17 heavy (non-hydrogen) atoms. The summed E-state index contributed by atoms with van der Waals surface area (Å²) in [6.07, 6.45) is -3.02. The Morgan fingerprint density at radius 3 is 2.24 bits per heavy atom. The van der Waals surface area contributed by atoms with Crippen LogP contribution in [0.25, 0.3) is 11.3 Å². The summed E-state index contributed by atoms with van der Waals surface area (Å²) < 4.78 is 37.0. The highest BCUT2D eigenvalue weighted by molar-refractivity contribution is 5.58. The Balaban J connectivity index is 2.44. The number of hydrogen-bond donors (Lipinski definition) is 1. The van der Waals surface area contributed by atoms with Crippen molar-refractivity contribution in [3.8, 4) is 11.3 Å². The Labute approximate surface area is 93.9 Å². The summed E-state index contributed by atoms with van der Waals surface area (Å²) in [7, 11) is 0. The summed E-state index contributed by atoms with van der Waals surface area (Å²) in [4.78, 5) is 11.4. The molecule has 1 aromatic heterocycles. The summed E-state index contributed by atoms with van der Waals surface area (Å²) >= 11 is 0. The van der Waals surface area contributed by atoms with Gasteiger partial charge in [0.05, 0.1) is 5.56 Å². The minimum absolute atomic E-state index is 0.0984. The number of aromatic nitrogens is 2. The molecular weight excluding hydrogens is 233 g/mol. The lowest BCUT2D eigenvalue weighted by atomic mass is 10.1. The van der Waals surface area contributed by atoms with Crippen molar-refractivity contribution in [2.75, 3.05) is 0 Å². The van der Waals surface area contributed by atoms with E-state index < -0.39 is 11.7 Å². The van der Waals surface area contributed by atoms with Gasteiger partial charge in [-0.2, -0.15) is 18.3 Å². The van der Waals surface area contributed by atoms with E-state index in [1.165, 1.54) is 24.4 Å². The lowest BCUT2D eigenvalue weighted by Gasteiger charge is -2.06. The van der Waals surface area contributed by atoms with E-state index in [9.17, 15) is 18.0 Å². The third kappa shape index (κ3) is 2.35. The average Bonchev–Trinajstić information content (AvgIpc) is 2.29. The Morgan fingerprint density at radius 2 is 1.71 bits per heavy atom. The molecule has 0 aliphatic heterocycles. The van der Waals surface area contributed by atoms with E-state index in [1.54, 1.807) is 0 Å². The molecule has 3 nitrogen and oxygen atoms in total. The fourth-order valence-corrected chi connectivity index (χ4v) is 1.37. The highest BCUT2D eigenvalue weighted by Crippen LogP contribution is 2.30. The van der Waals surface area contributed by atoms with Gasteiger partial charge >= 0.3 is 6.18 Å². The van der Waals surface area contributed by atoms with Gasteiger partial charge in [-0.1, -0.05) is 12.1 Å². The second-order valence-electron chi connectivity index (χ2n) is 3.36. The van der Waals surface area contributed by atoms with Crippen LogP contribution in [0.2, 0.25) is 0 Å². The third-order valence-electron chi connectivity index (χ3n) is 2.20. The standard InChI is InChI=1S/C11H7F3N2O/c12-11(13,14)8-3-1-7(2-4-8)10-9(17)5-6-15-16-10/h1-6H,(H,15,17). The largest absolute Gasteiger partial charge is 0.416 e. The summed E-state index contributed by atoms with van der Waals surface area (Å²) in [6.45, 7) is 0. The van der Waals surface area contributed by atoms with Crippen LogP contribution in [-0.4, -0.2) is 10.2 Å². The molecule has 0 fully saturated rings. The number of aromatic amines is 1. The first-order valence-electron chi connectivity index (χ1n) is 4.70. The van der Waals surface area contributed by atoms with E-state index >= 15 is 0 Å². The third-order valence-corrected chi connectivity index (χ3v) is 2.20. The van der Waals surface area contributed by atoms with Gasteiger partial charge in [-0.3, -0.25) is 9.89 Å². The molecule has 0 unspecified atom stereocenters. The summed E-state index contributed by atoms with van der Waals surface area (Å²) in [5.41, 5.74) is -0.654. The molecule has 6 heteroatoms. The Kier molecular flexibility index (Phi) is 2.71. The maximum Gasteiger partial charge on any atom is 0.416 e. The molecule has 88 valence electrons. The van der Waals surface area contributed by atoms with E-state index in [0.717, 1.165) is 12.1 Å². The van der Waals surface area contributed by atoms with Crippen molar-refractivity contribution in [1.82, 2.24) is 10.2 Å². The lowest BCUT2D eigenvalue weighted by Crippen LogP contribution is -2.07. The molecule has 2 aromatic rings. The summed E-state index contributed by atoms with van der Waals surface area (Å²) in [5.74, 6) is 0. The number of rotatable bonds is 1. The van der Waals surface area contributed by atoms with E-state index in [4.69, 9.17) is 0 Å². The van der Waals surface area contributed by atoms with Gasteiger partial charge in [-0.25, -0.2) is 0 Å². The van der Waals surface area contributed by atoms with E-state index in [1.807, 2.05) is 0 Å². The second-order valence-corrected chi connectivity index (χ2v) is 3.36. The van der Waals surface area contributed by atoms with Gasteiger partial charge < -0.3 is 0 Å². The zero-order chi connectivity index (χ0) is 12.5. The van der Waals surface area contributed by atoms with Crippen molar-refractivity contribution < 1.29 is 13.2 Å². The van der Waals surface area contributed by atoms with Crippen molar-refractivity contribution in [3.63, 3.8) is 0 Å². The summed E-state index contributed by atoms with van der Waals surface area (Å²) in [6, 6.07) is 5.55. The van der Waals surface area contributed by atoms with Crippen LogP contribution in [0.1, 0.15) is 5.56 Å². The molecule has 0 saturated heterocycles. The monoisotopic (exact) mass is 240 g/mol. The molecule has 2 rings (SSSR count). The summed E-state index contributed by atoms with van der Waals surface area (Å²) in [5, 5.41) is 6.19. The number of halogens is 3. The number of alkyl halides is 3. The van der Waals surface area contributed by atoms with Gasteiger partial charge in [0, 0.05) is 17.8 Å². The van der Waals surface area contributed by atoms with Gasteiger partial charge in [0.15, 0.2) is 0 Å². The molecule has 1 heterocycles. The first kappa shape index (κ1) is 11.4. The average molecular weight is 240 g/mol. The molecule has 0 amide bonds. The number of hydrogen-bond acceptors (Lipinski definition) is 2. The molecule has 0 radical (unpaired) electrons. The van der Waals surface area contributed by atoms with Crippen molar-refractivity contribution in [2.24, 2.45) is 0 Å². The Morgan fingerprint density at radius 1 is 1.06 bits per heavy atom. The quantitative estimate of drug-likeness (QED) is 0.832.